The Bertz CT molecular complexity index is 632. The summed E-state index contributed by atoms with van der Waals surface area (Å²) in [6.07, 6.45) is 0.495. The molecule has 1 amide bonds. The fourth-order valence-corrected chi connectivity index (χ4v) is 2.18. The van der Waals surface area contributed by atoms with E-state index in [4.69, 9.17) is 10.5 Å². The Kier molecular flexibility index (Phi) is 5.49. The van der Waals surface area contributed by atoms with E-state index < -0.39 is 17.8 Å². The van der Waals surface area contributed by atoms with Crippen LogP contribution < -0.4 is 15.8 Å². The van der Waals surface area contributed by atoms with Gasteiger partial charge < -0.3 is 15.8 Å². The molecule has 0 spiro atoms. The zero-order valence-electron chi connectivity index (χ0n) is 12.4. The van der Waals surface area contributed by atoms with E-state index in [2.05, 4.69) is 5.32 Å². The summed E-state index contributed by atoms with van der Waals surface area (Å²) in [6, 6.07) is 13.8. The second-order valence-electron chi connectivity index (χ2n) is 4.99. The normalized spacial score (nSPS) is 11.9. The molecule has 0 fully saturated rings. The number of nitrogens with one attached hydrogen (secondary N) is 1. The number of hydrogen-bond donors (Lipinski definition) is 2. The lowest BCUT2D eigenvalue weighted by Gasteiger charge is -2.16. The van der Waals surface area contributed by atoms with Crippen molar-refractivity contribution in [2.75, 3.05) is 7.11 Å². The first-order valence-electron chi connectivity index (χ1n) is 6.99. The van der Waals surface area contributed by atoms with Gasteiger partial charge in [-0.05, 0) is 29.7 Å². The quantitative estimate of drug-likeness (QED) is 0.822. The molecule has 0 saturated heterocycles. The van der Waals surface area contributed by atoms with E-state index in [9.17, 15) is 9.18 Å². The summed E-state index contributed by atoms with van der Waals surface area (Å²) in [5.41, 5.74) is 7.16. The Balaban J connectivity index is 2.00. The molecule has 116 valence electrons. The molecular weight excluding hydrogens is 283 g/mol. The van der Waals surface area contributed by atoms with E-state index in [0.717, 1.165) is 11.1 Å². The minimum absolute atomic E-state index is 0.194. The number of primary amides is 1. The average Bonchev–Trinajstić information content (AvgIpc) is 2.52. The molecule has 0 aromatic heterocycles. The van der Waals surface area contributed by atoms with Crippen LogP contribution in [0, 0.1) is 5.82 Å². The number of nitrogens with two attached hydrogens (primary N) is 1. The van der Waals surface area contributed by atoms with Crippen LogP contribution in [0.3, 0.4) is 0 Å². The second kappa shape index (κ2) is 7.56. The van der Waals surface area contributed by atoms with Crippen LogP contribution in [0.2, 0.25) is 0 Å². The molecule has 0 radical (unpaired) electrons. The SMILES string of the molecule is COc1ccc(CN[C@@H](Cc2ccccc2)C(N)=O)cc1F. The first kappa shape index (κ1) is 16.0. The van der Waals surface area contributed by atoms with Crippen molar-refractivity contribution in [1.29, 1.82) is 0 Å². The van der Waals surface area contributed by atoms with Gasteiger partial charge >= 0.3 is 0 Å². The highest BCUT2D eigenvalue weighted by molar-refractivity contribution is 5.80. The van der Waals surface area contributed by atoms with Gasteiger partial charge in [0.2, 0.25) is 5.91 Å². The molecule has 4 nitrogen and oxygen atoms in total. The van der Waals surface area contributed by atoms with Crippen LogP contribution in [0.4, 0.5) is 4.39 Å². The number of benzene rings is 2. The maximum absolute atomic E-state index is 13.6. The van der Waals surface area contributed by atoms with E-state index in [1.54, 1.807) is 12.1 Å². The van der Waals surface area contributed by atoms with Crippen LogP contribution in [-0.4, -0.2) is 19.1 Å². The van der Waals surface area contributed by atoms with Crippen LogP contribution in [0.1, 0.15) is 11.1 Å². The molecule has 1 atom stereocenters. The van der Waals surface area contributed by atoms with E-state index in [0.29, 0.717) is 13.0 Å². The van der Waals surface area contributed by atoms with Crippen LogP contribution in [0.15, 0.2) is 48.5 Å². The highest BCUT2D eigenvalue weighted by Crippen LogP contribution is 2.17. The standard InChI is InChI=1S/C17H19FN2O2/c1-22-16-8-7-13(9-14(16)18)11-20-15(17(19)21)10-12-5-3-2-4-6-12/h2-9,15,20H,10-11H2,1H3,(H2,19,21)/t15-/m0/s1. The Labute approximate surface area is 129 Å². The molecule has 0 saturated carbocycles. The number of rotatable bonds is 7. The lowest BCUT2D eigenvalue weighted by Crippen LogP contribution is -2.42. The molecule has 3 N–H and O–H groups in total. The second-order valence-corrected chi connectivity index (χ2v) is 4.99. The Morgan fingerprint density at radius 1 is 1.23 bits per heavy atom. The summed E-state index contributed by atoms with van der Waals surface area (Å²) in [6.45, 7) is 0.349. The van der Waals surface area contributed by atoms with Gasteiger partial charge in [-0.15, -0.1) is 0 Å². The number of halogens is 1. The molecule has 0 heterocycles. The molecule has 0 aliphatic rings. The summed E-state index contributed by atoms with van der Waals surface area (Å²) < 4.78 is 18.5. The maximum Gasteiger partial charge on any atom is 0.234 e. The van der Waals surface area contributed by atoms with Gasteiger partial charge in [0.1, 0.15) is 0 Å². The lowest BCUT2D eigenvalue weighted by atomic mass is 10.1. The van der Waals surface area contributed by atoms with Gasteiger partial charge in [-0.3, -0.25) is 4.79 Å². The Hall–Kier alpha value is -2.40. The highest BCUT2D eigenvalue weighted by atomic mass is 19.1. The van der Waals surface area contributed by atoms with Gasteiger partial charge in [-0.25, -0.2) is 4.39 Å². The number of amides is 1. The molecular formula is C17H19FN2O2. The van der Waals surface area contributed by atoms with E-state index in [1.807, 2.05) is 30.3 Å². The zero-order chi connectivity index (χ0) is 15.9. The van der Waals surface area contributed by atoms with Crippen LogP contribution in [-0.2, 0) is 17.8 Å². The molecule has 0 aliphatic carbocycles. The van der Waals surface area contributed by atoms with Crippen molar-refractivity contribution in [1.82, 2.24) is 5.32 Å². The van der Waals surface area contributed by atoms with E-state index >= 15 is 0 Å². The lowest BCUT2D eigenvalue weighted by molar-refractivity contribution is -0.120. The van der Waals surface area contributed by atoms with Crippen molar-refractivity contribution >= 4 is 5.91 Å². The summed E-state index contributed by atoms with van der Waals surface area (Å²) in [4.78, 5) is 11.6. The van der Waals surface area contributed by atoms with Crippen molar-refractivity contribution in [2.24, 2.45) is 5.73 Å². The summed E-state index contributed by atoms with van der Waals surface area (Å²) in [7, 11) is 1.42. The Morgan fingerprint density at radius 2 is 1.95 bits per heavy atom. The first-order valence-corrected chi connectivity index (χ1v) is 6.99. The minimum atomic E-state index is -0.507. The monoisotopic (exact) mass is 302 g/mol. The van der Waals surface area contributed by atoms with Crippen molar-refractivity contribution < 1.29 is 13.9 Å². The predicted molar refractivity (Wildman–Crippen MR) is 82.9 cm³/mol. The molecule has 2 aromatic rings. The summed E-state index contributed by atoms with van der Waals surface area (Å²) in [5.74, 6) is -0.669. The average molecular weight is 302 g/mol. The number of carbonyl (C=O) groups is 1. The van der Waals surface area contributed by atoms with Crippen molar-refractivity contribution in [2.45, 2.75) is 19.0 Å². The zero-order valence-corrected chi connectivity index (χ0v) is 12.4. The smallest absolute Gasteiger partial charge is 0.234 e. The molecule has 0 aliphatic heterocycles. The maximum atomic E-state index is 13.6. The van der Waals surface area contributed by atoms with Crippen LogP contribution >= 0.6 is 0 Å². The molecule has 22 heavy (non-hydrogen) atoms. The fourth-order valence-electron chi connectivity index (χ4n) is 2.18. The highest BCUT2D eigenvalue weighted by Gasteiger charge is 2.15. The van der Waals surface area contributed by atoms with Crippen molar-refractivity contribution in [3.8, 4) is 5.75 Å². The topological polar surface area (TPSA) is 64.3 Å². The number of carbonyl (C=O) groups excluding carboxylic acids is 1. The van der Waals surface area contributed by atoms with E-state index in [1.165, 1.54) is 13.2 Å². The van der Waals surface area contributed by atoms with Gasteiger partial charge in [0, 0.05) is 6.54 Å². The van der Waals surface area contributed by atoms with Gasteiger partial charge in [-0.2, -0.15) is 0 Å². The van der Waals surface area contributed by atoms with Gasteiger partial charge in [-0.1, -0.05) is 36.4 Å². The van der Waals surface area contributed by atoms with E-state index in [-0.39, 0.29) is 5.75 Å². The minimum Gasteiger partial charge on any atom is -0.494 e. The summed E-state index contributed by atoms with van der Waals surface area (Å²) >= 11 is 0. The van der Waals surface area contributed by atoms with Crippen molar-refractivity contribution in [3.63, 3.8) is 0 Å². The van der Waals surface area contributed by atoms with Crippen molar-refractivity contribution in [3.05, 3.63) is 65.5 Å². The summed E-state index contributed by atoms with van der Waals surface area (Å²) in [5, 5.41) is 3.07. The Morgan fingerprint density at radius 3 is 2.55 bits per heavy atom. The van der Waals surface area contributed by atoms with Gasteiger partial charge in [0.25, 0.3) is 0 Å². The first-order chi connectivity index (χ1) is 10.6. The van der Waals surface area contributed by atoms with Crippen LogP contribution in [0.5, 0.6) is 5.75 Å². The van der Waals surface area contributed by atoms with Gasteiger partial charge in [0.15, 0.2) is 11.6 Å². The molecule has 0 bridgehead atoms. The third-order valence-electron chi connectivity index (χ3n) is 3.39. The molecule has 5 heteroatoms. The van der Waals surface area contributed by atoms with Gasteiger partial charge in [0.05, 0.1) is 13.2 Å². The van der Waals surface area contributed by atoms with Crippen LogP contribution in [0.25, 0.3) is 0 Å². The largest absolute Gasteiger partial charge is 0.494 e. The third kappa shape index (κ3) is 4.30. The fraction of sp³-hybridized carbons (Fsp3) is 0.235. The number of methoxy groups -OCH3 is 1. The number of ether oxygens (including phenoxy) is 1. The predicted octanol–water partition coefficient (Wildman–Crippen LogP) is 2.02. The number of hydrogen-bond acceptors (Lipinski definition) is 3. The molecule has 0 unspecified atom stereocenters. The molecule has 2 aromatic carbocycles. The molecule has 2 rings (SSSR count). The third-order valence-corrected chi connectivity index (χ3v) is 3.39.